The zero-order valence-electron chi connectivity index (χ0n) is 36.8. The molecule has 2 aliphatic rings. The monoisotopic (exact) mass is 846 g/mol. The summed E-state index contributed by atoms with van der Waals surface area (Å²) < 4.78 is 17.0. The number of nitrogens with zero attached hydrogens (tertiary/aromatic N) is 3. The van der Waals surface area contributed by atoms with Crippen LogP contribution in [-0.4, -0.2) is 80.5 Å². The number of hydrogen-bond acceptors (Lipinski definition) is 9. The maximum atomic E-state index is 12.3. The minimum absolute atomic E-state index is 0.184. The van der Waals surface area contributed by atoms with Crippen LogP contribution < -0.4 is 5.73 Å². The molecular formula is C50H62N4O8. The molecule has 3 heterocycles. The van der Waals surface area contributed by atoms with Gasteiger partial charge in [-0.05, 0) is 78.4 Å². The van der Waals surface area contributed by atoms with Crippen molar-refractivity contribution in [1.82, 2.24) is 14.8 Å². The lowest BCUT2D eigenvalue weighted by molar-refractivity contribution is -0.143. The number of hydrogen-bond donors (Lipinski definition) is 3. The number of oxazole rings is 1. The molecule has 0 unspecified atom stereocenters. The number of carbonyl (C=O) groups excluding carboxylic acids is 2. The van der Waals surface area contributed by atoms with E-state index in [0.29, 0.717) is 39.0 Å². The summed E-state index contributed by atoms with van der Waals surface area (Å²) in [5.74, 6) is 0.633. The molecular weight excluding hydrogens is 785 g/mol. The maximum Gasteiger partial charge on any atom is 0.410 e. The van der Waals surface area contributed by atoms with E-state index in [4.69, 9.17) is 29.7 Å². The van der Waals surface area contributed by atoms with Gasteiger partial charge in [-0.2, -0.15) is 0 Å². The number of aliphatic carboxylic acids is 1. The fourth-order valence-electron chi connectivity index (χ4n) is 7.07. The molecule has 1 aromatic heterocycles. The van der Waals surface area contributed by atoms with Crippen LogP contribution in [0.25, 0.3) is 22.6 Å². The zero-order chi connectivity index (χ0) is 44.9. The highest BCUT2D eigenvalue weighted by atomic mass is 16.6. The number of aliphatic hydroxyl groups is 1. The van der Waals surface area contributed by atoms with E-state index in [1.54, 1.807) is 9.80 Å². The number of likely N-dealkylation sites (tertiary alicyclic amines) is 2. The molecule has 12 nitrogen and oxygen atoms in total. The van der Waals surface area contributed by atoms with Crippen molar-refractivity contribution in [1.29, 1.82) is 0 Å². The van der Waals surface area contributed by atoms with E-state index in [0.717, 1.165) is 52.4 Å². The quantitative estimate of drug-likeness (QED) is 0.143. The normalized spacial score (nSPS) is 15.8. The van der Waals surface area contributed by atoms with Gasteiger partial charge in [0.05, 0.1) is 18.1 Å². The summed E-state index contributed by atoms with van der Waals surface area (Å²) in [6, 6.07) is 39.0. The predicted molar refractivity (Wildman–Crippen MR) is 240 cm³/mol. The molecule has 62 heavy (non-hydrogen) atoms. The Morgan fingerprint density at radius 1 is 0.645 bits per heavy atom. The lowest BCUT2D eigenvalue weighted by Gasteiger charge is -2.32. The van der Waals surface area contributed by atoms with Gasteiger partial charge in [0, 0.05) is 43.2 Å². The molecule has 4 N–H and O–H groups in total. The number of rotatable bonds is 7. The van der Waals surface area contributed by atoms with Crippen LogP contribution in [0.1, 0.15) is 102 Å². The summed E-state index contributed by atoms with van der Waals surface area (Å²) in [6.07, 6.45) is 1.37. The van der Waals surface area contributed by atoms with E-state index >= 15 is 0 Å². The number of aliphatic hydroxyl groups excluding tert-OH is 1. The molecule has 0 saturated carbocycles. The molecule has 0 bridgehead atoms. The third-order valence-corrected chi connectivity index (χ3v) is 10.4. The summed E-state index contributed by atoms with van der Waals surface area (Å²) in [4.78, 5) is 43.0. The van der Waals surface area contributed by atoms with Crippen molar-refractivity contribution >= 4 is 18.2 Å². The standard InChI is InChI=1S/C25H28N2O3.C14H15NO.C11H19NO4/c1-25(2,3)30-24(28)27-16-14-20(15-17-27)23-26-21(18-10-6-4-7-11-18)22(29-23)19-12-8-5-9-13-19;15-13(11-7-3-1-4-8-11)14(16)12-9-5-2-6-10-12;1-11(2,3)16-10(15)12-6-4-8(5-7-12)9(13)14/h4-13,20H,14-17H2,1-3H3;1-10,13-14,16H,15H2;8H,4-7H2,1-3H3,(H,13,14)/t;13-,14+;/m.0./s1. The summed E-state index contributed by atoms with van der Waals surface area (Å²) in [5.41, 5.74) is 9.75. The number of benzene rings is 4. The highest BCUT2D eigenvalue weighted by Gasteiger charge is 2.32. The van der Waals surface area contributed by atoms with Gasteiger partial charge in [0.2, 0.25) is 0 Å². The largest absolute Gasteiger partial charge is 0.481 e. The summed E-state index contributed by atoms with van der Waals surface area (Å²) in [6.45, 7) is 13.3. The first-order chi connectivity index (χ1) is 29.5. The van der Waals surface area contributed by atoms with Gasteiger partial charge in [0.15, 0.2) is 11.7 Å². The summed E-state index contributed by atoms with van der Waals surface area (Å²) in [5, 5.41) is 18.9. The van der Waals surface area contributed by atoms with Crippen molar-refractivity contribution in [2.45, 2.75) is 96.5 Å². The Labute approximate surface area is 365 Å². The smallest absolute Gasteiger partial charge is 0.410 e. The van der Waals surface area contributed by atoms with Crippen LogP contribution in [0.4, 0.5) is 9.59 Å². The number of carboxylic acid groups (broad SMARTS) is 1. The molecule has 2 saturated heterocycles. The molecule has 2 fully saturated rings. The van der Waals surface area contributed by atoms with Crippen molar-refractivity contribution in [2.75, 3.05) is 26.2 Å². The van der Waals surface area contributed by atoms with Gasteiger partial charge in [0.25, 0.3) is 0 Å². The molecule has 2 amide bonds. The molecule has 4 aromatic carbocycles. The number of ether oxygens (including phenoxy) is 2. The van der Waals surface area contributed by atoms with Crippen LogP contribution >= 0.6 is 0 Å². The SMILES string of the molecule is CC(C)(C)OC(=O)N1CCC(C(=O)O)CC1.CC(C)(C)OC(=O)N1CCC(c2nc(-c3ccccc3)c(-c3ccccc3)o2)CC1.N[C@@H](c1ccccc1)[C@H](O)c1ccccc1. The lowest BCUT2D eigenvalue weighted by Crippen LogP contribution is -2.42. The predicted octanol–water partition coefficient (Wildman–Crippen LogP) is 10.3. The highest BCUT2D eigenvalue weighted by Crippen LogP contribution is 2.37. The van der Waals surface area contributed by atoms with Gasteiger partial charge in [-0.25, -0.2) is 14.6 Å². The minimum Gasteiger partial charge on any atom is -0.481 e. The maximum absolute atomic E-state index is 12.3. The van der Waals surface area contributed by atoms with E-state index in [-0.39, 0.29) is 30.1 Å². The van der Waals surface area contributed by atoms with Crippen molar-refractivity contribution < 1.29 is 38.5 Å². The third kappa shape index (κ3) is 14.0. The Balaban J connectivity index is 0.000000192. The second kappa shape index (κ2) is 21.7. The second-order valence-corrected chi connectivity index (χ2v) is 17.6. The van der Waals surface area contributed by atoms with E-state index in [2.05, 4.69) is 12.1 Å². The Kier molecular flexibility index (Phi) is 16.5. The van der Waals surface area contributed by atoms with Crippen LogP contribution in [0.3, 0.4) is 0 Å². The average Bonchev–Trinajstić information content (AvgIpc) is 3.72. The Morgan fingerprint density at radius 3 is 1.48 bits per heavy atom. The Bertz CT molecular complexity index is 2030. The molecule has 12 heteroatoms. The first kappa shape index (κ1) is 47.1. The van der Waals surface area contributed by atoms with Gasteiger partial charge in [-0.3, -0.25) is 4.79 Å². The number of nitrogens with two attached hydrogens (primary N) is 1. The fourth-order valence-corrected chi connectivity index (χ4v) is 7.07. The van der Waals surface area contributed by atoms with Gasteiger partial charge < -0.3 is 39.6 Å². The van der Waals surface area contributed by atoms with Crippen LogP contribution in [0.15, 0.2) is 126 Å². The molecule has 7 rings (SSSR count). The van der Waals surface area contributed by atoms with Crippen LogP contribution in [0.2, 0.25) is 0 Å². The molecule has 2 atom stereocenters. The van der Waals surface area contributed by atoms with E-state index in [9.17, 15) is 19.5 Å². The number of amides is 2. The van der Waals surface area contributed by atoms with Crippen LogP contribution in [0, 0.1) is 5.92 Å². The van der Waals surface area contributed by atoms with Crippen molar-refractivity contribution in [3.8, 4) is 22.6 Å². The Morgan fingerprint density at radius 2 is 1.05 bits per heavy atom. The summed E-state index contributed by atoms with van der Waals surface area (Å²) in [7, 11) is 0. The van der Waals surface area contributed by atoms with E-state index < -0.39 is 23.3 Å². The van der Waals surface area contributed by atoms with Crippen LogP contribution in [0.5, 0.6) is 0 Å². The second-order valence-electron chi connectivity index (χ2n) is 17.6. The van der Waals surface area contributed by atoms with Gasteiger partial charge in [0.1, 0.15) is 16.9 Å². The zero-order valence-corrected chi connectivity index (χ0v) is 36.8. The van der Waals surface area contributed by atoms with E-state index in [1.165, 1.54) is 0 Å². The number of carbonyl (C=O) groups is 3. The summed E-state index contributed by atoms with van der Waals surface area (Å²) >= 11 is 0. The lowest BCUT2D eigenvalue weighted by atomic mass is 9.97. The molecule has 330 valence electrons. The highest BCUT2D eigenvalue weighted by molar-refractivity contribution is 5.77. The van der Waals surface area contributed by atoms with Gasteiger partial charge in [-0.1, -0.05) is 121 Å². The molecule has 5 aromatic rings. The number of carboxylic acids is 1. The molecule has 0 aliphatic carbocycles. The van der Waals surface area contributed by atoms with Crippen molar-refractivity contribution in [2.24, 2.45) is 11.7 Å². The topological polar surface area (TPSA) is 169 Å². The van der Waals surface area contributed by atoms with E-state index in [1.807, 2.05) is 151 Å². The number of piperidine rings is 2. The third-order valence-electron chi connectivity index (χ3n) is 10.4. The minimum atomic E-state index is -0.774. The van der Waals surface area contributed by atoms with Gasteiger partial charge >= 0.3 is 18.2 Å². The average molecular weight is 847 g/mol. The van der Waals surface area contributed by atoms with Crippen molar-refractivity contribution in [3.05, 3.63) is 138 Å². The first-order valence-electron chi connectivity index (χ1n) is 21.3. The number of aromatic nitrogens is 1. The van der Waals surface area contributed by atoms with Crippen LogP contribution in [-0.2, 0) is 14.3 Å². The molecule has 2 aliphatic heterocycles. The Hall–Kier alpha value is -5.98. The van der Waals surface area contributed by atoms with Crippen molar-refractivity contribution in [3.63, 3.8) is 0 Å². The fraction of sp³-hybridized carbons (Fsp3) is 0.400. The molecule has 0 spiro atoms. The van der Waals surface area contributed by atoms with Gasteiger partial charge in [-0.15, -0.1) is 0 Å². The molecule has 0 radical (unpaired) electrons. The first-order valence-corrected chi connectivity index (χ1v) is 21.3.